The zero-order valence-electron chi connectivity index (χ0n) is 11.5. The summed E-state index contributed by atoms with van der Waals surface area (Å²) in [5.41, 5.74) is 0.137. The molecule has 0 saturated carbocycles. The van der Waals surface area contributed by atoms with Gasteiger partial charge in [-0.25, -0.2) is 9.59 Å². The fourth-order valence-electron chi connectivity index (χ4n) is 1.79. The number of carboxylic acids is 1. The molecule has 0 bridgehead atoms. The molecule has 21 heavy (non-hydrogen) atoms. The Morgan fingerprint density at radius 2 is 2.05 bits per heavy atom. The van der Waals surface area contributed by atoms with Crippen LogP contribution in [0, 0.1) is 6.92 Å². The van der Waals surface area contributed by atoms with Crippen molar-refractivity contribution in [2.45, 2.75) is 26.4 Å². The number of carbonyl (C=O) groups is 2. The third-order valence-corrected chi connectivity index (χ3v) is 2.56. The van der Waals surface area contributed by atoms with Crippen molar-refractivity contribution in [1.29, 1.82) is 0 Å². The van der Waals surface area contributed by atoms with Crippen molar-refractivity contribution in [2.24, 2.45) is 0 Å². The molecule has 118 valence electrons. The topological polar surface area (TPSA) is 85.4 Å². The van der Waals surface area contributed by atoms with E-state index < -0.39 is 24.7 Å². The number of hydrogen-bond acceptors (Lipinski definition) is 2. The highest BCUT2D eigenvalue weighted by molar-refractivity contribution is 5.99. The van der Waals surface area contributed by atoms with E-state index in [1.807, 2.05) is 0 Å². The third-order valence-electron chi connectivity index (χ3n) is 2.56. The van der Waals surface area contributed by atoms with Gasteiger partial charge in [0, 0.05) is 12.2 Å². The summed E-state index contributed by atoms with van der Waals surface area (Å²) in [5.74, 6) is -1.31. The van der Waals surface area contributed by atoms with Gasteiger partial charge < -0.3 is 20.3 Å². The highest BCUT2D eigenvalue weighted by Gasteiger charge is 2.33. The van der Waals surface area contributed by atoms with Crippen molar-refractivity contribution in [3.05, 3.63) is 17.5 Å². The zero-order valence-corrected chi connectivity index (χ0v) is 11.5. The number of urea groups is 1. The predicted molar refractivity (Wildman–Crippen MR) is 69.4 cm³/mol. The van der Waals surface area contributed by atoms with Crippen LogP contribution in [0.15, 0.2) is 6.07 Å². The smallest absolute Gasteiger partial charge is 0.406 e. The van der Waals surface area contributed by atoms with Crippen LogP contribution < -0.4 is 5.32 Å². The number of aryl methyl sites for hydroxylation is 1. The van der Waals surface area contributed by atoms with Gasteiger partial charge in [-0.15, -0.1) is 0 Å². The standard InChI is InChI=1S/C12H16F3N3O3/c1-3-4-18(6-12(13,14)15)11(21)17-8-5-7(2)16-9(8)10(19)20/h5,16H,3-4,6H2,1-2H3,(H,17,21)(H,19,20). The van der Waals surface area contributed by atoms with Gasteiger partial charge in [0.05, 0.1) is 5.69 Å². The van der Waals surface area contributed by atoms with E-state index in [-0.39, 0.29) is 17.9 Å². The third kappa shape index (κ3) is 5.01. The quantitative estimate of drug-likeness (QED) is 0.782. The Morgan fingerprint density at radius 3 is 2.52 bits per heavy atom. The lowest BCUT2D eigenvalue weighted by molar-refractivity contribution is -0.139. The highest BCUT2D eigenvalue weighted by atomic mass is 19.4. The SMILES string of the molecule is CCCN(CC(F)(F)F)C(=O)Nc1cc(C)[nH]c1C(=O)O. The molecule has 9 heteroatoms. The maximum Gasteiger partial charge on any atom is 0.406 e. The Labute approximate surface area is 118 Å². The number of hydrogen-bond donors (Lipinski definition) is 3. The average molecular weight is 307 g/mol. The number of halogens is 3. The molecule has 0 aliphatic rings. The van der Waals surface area contributed by atoms with Crippen LogP contribution in [0.5, 0.6) is 0 Å². The molecule has 0 aliphatic heterocycles. The van der Waals surface area contributed by atoms with Crippen LogP contribution in [-0.4, -0.2) is 46.3 Å². The van der Waals surface area contributed by atoms with Gasteiger partial charge in [0.1, 0.15) is 12.2 Å². The molecule has 0 aliphatic carbocycles. The van der Waals surface area contributed by atoms with Gasteiger partial charge in [-0.1, -0.05) is 6.92 Å². The molecule has 1 aromatic heterocycles. The molecule has 1 rings (SSSR count). The van der Waals surface area contributed by atoms with Crippen molar-refractivity contribution in [1.82, 2.24) is 9.88 Å². The first-order chi connectivity index (χ1) is 9.64. The second kappa shape index (κ2) is 6.51. The number of nitrogens with one attached hydrogen (secondary N) is 2. The number of aromatic carboxylic acids is 1. The number of rotatable bonds is 5. The van der Waals surface area contributed by atoms with Gasteiger partial charge in [0.15, 0.2) is 0 Å². The van der Waals surface area contributed by atoms with Crippen molar-refractivity contribution < 1.29 is 27.9 Å². The lowest BCUT2D eigenvalue weighted by atomic mass is 10.3. The number of anilines is 1. The number of aromatic amines is 1. The van der Waals surface area contributed by atoms with Crippen LogP contribution in [0.4, 0.5) is 23.7 Å². The first kappa shape index (κ1) is 16.9. The lowest BCUT2D eigenvalue weighted by Crippen LogP contribution is -2.42. The van der Waals surface area contributed by atoms with E-state index in [1.165, 1.54) is 6.07 Å². The van der Waals surface area contributed by atoms with E-state index in [1.54, 1.807) is 13.8 Å². The summed E-state index contributed by atoms with van der Waals surface area (Å²) in [5, 5.41) is 11.1. The molecule has 0 fully saturated rings. The minimum atomic E-state index is -4.52. The van der Waals surface area contributed by atoms with E-state index in [9.17, 15) is 22.8 Å². The summed E-state index contributed by atoms with van der Waals surface area (Å²) in [7, 11) is 0. The van der Waals surface area contributed by atoms with Crippen LogP contribution in [-0.2, 0) is 0 Å². The van der Waals surface area contributed by atoms with Gasteiger partial charge in [0.2, 0.25) is 0 Å². The largest absolute Gasteiger partial charge is 0.477 e. The minimum Gasteiger partial charge on any atom is -0.477 e. The Hall–Kier alpha value is -2.19. The van der Waals surface area contributed by atoms with Crippen molar-refractivity contribution in [3.8, 4) is 0 Å². The molecule has 6 nitrogen and oxygen atoms in total. The maximum atomic E-state index is 12.4. The maximum absolute atomic E-state index is 12.4. The van der Waals surface area contributed by atoms with Gasteiger partial charge in [0.25, 0.3) is 0 Å². The van der Waals surface area contributed by atoms with E-state index in [0.29, 0.717) is 17.0 Å². The zero-order chi connectivity index (χ0) is 16.2. The Balaban J connectivity index is 2.89. The van der Waals surface area contributed by atoms with Crippen molar-refractivity contribution in [3.63, 3.8) is 0 Å². The number of amides is 2. The molecule has 3 N–H and O–H groups in total. The molecular formula is C12H16F3N3O3. The molecule has 0 aromatic carbocycles. The molecule has 2 amide bonds. The fourth-order valence-corrected chi connectivity index (χ4v) is 1.79. The van der Waals surface area contributed by atoms with Crippen molar-refractivity contribution in [2.75, 3.05) is 18.4 Å². The Morgan fingerprint density at radius 1 is 1.43 bits per heavy atom. The number of nitrogens with zero attached hydrogens (tertiary/aromatic N) is 1. The van der Waals surface area contributed by atoms with Crippen LogP contribution in [0.25, 0.3) is 0 Å². The monoisotopic (exact) mass is 307 g/mol. The summed E-state index contributed by atoms with van der Waals surface area (Å²) in [6, 6.07) is 0.356. The first-order valence-electron chi connectivity index (χ1n) is 6.19. The lowest BCUT2D eigenvalue weighted by Gasteiger charge is -2.23. The molecule has 0 radical (unpaired) electrons. The summed E-state index contributed by atoms with van der Waals surface area (Å²) >= 11 is 0. The second-order valence-electron chi connectivity index (χ2n) is 4.51. The first-order valence-corrected chi connectivity index (χ1v) is 6.19. The Kier molecular flexibility index (Phi) is 5.23. The molecule has 0 atom stereocenters. The molecule has 1 aromatic rings. The van der Waals surface area contributed by atoms with Gasteiger partial charge in [-0.3, -0.25) is 0 Å². The van der Waals surface area contributed by atoms with E-state index in [4.69, 9.17) is 5.11 Å². The normalized spacial score (nSPS) is 11.3. The summed E-state index contributed by atoms with van der Waals surface area (Å²) < 4.78 is 37.3. The van der Waals surface area contributed by atoms with Gasteiger partial charge >= 0.3 is 18.2 Å². The van der Waals surface area contributed by atoms with E-state index in [2.05, 4.69) is 10.3 Å². The summed E-state index contributed by atoms with van der Waals surface area (Å²) in [6.07, 6.45) is -4.17. The molecule has 0 spiro atoms. The average Bonchev–Trinajstić information content (AvgIpc) is 2.68. The van der Waals surface area contributed by atoms with Gasteiger partial charge in [-0.05, 0) is 19.4 Å². The molecule has 0 unspecified atom stereocenters. The minimum absolute atomic E-state index is 0.0618. The van der Waals surface area contributed by atoms with E-state index >= 15 is 0 Å². The number of carboxylic acid groups (broad SMARTS) is 1. The number of aromatic nitrogens is 1. The summed E-state index contributed by atoms with van der Waals surface area (Å²) in [6.45, 7) is 1.73. The fraction of sp³-hybridized carbons (Fsp3) is 0.500. The van der Waals surface area contributed by atoms with Crippen LogP contribution in [0.1, 0.15) is 29.5 Å². The van der Waals surface area contributed by atoms with Crippen LogP contribution >= 0.6 is 0 Å². The molecular weight excluding hydrogens is 291 g/mol. The number of H-pyrrole nitrogens is 1. The Bertz CT molecular complexity index is 526. The van der Waals surface area contributed by atoms with Crippen molar-refractivity contribution >= 4 is 17.7 Å². The molecule has 0 saturated heterocycles. The van der Waals surface area contributed by atoms with Gasteiger partial charge in [-0.2, -0.15) is 13.2 Å². The predicted octanol–water partition coefficient (Wildman–Crippen LogP) is 2.83. The number of alkyl halides is 3. The van der Waals surface area contributed by atoms with Crippen LogP contribution in [0.3, 0.4) is 0 Å². The highest BCUT2D eigenvalue weighted by Crippen LogP contribution is 2.20. The second-order valence-corrected chi connectivity index (χ2v) is 4.51. The summed E-state index contributed by atoms with van der Waals surface area (Å²) in [4.78, 5) is 25.9. The van der Waals surface area contributed by atoms with Crippen LogP contribution in [0.2, 0.25) is 0 Å². The number of carbonyl (C=O) groups excluding carboxylic acids is 1. The van der Waals surface area contributed by atoms with E-state index in [0.717, 1.165) is 0 Å². The molecule has 1 heterocycles.